The molecule has 0 rings (SSSR count). The van der Waals surface area contributed by atoms with E-state index in [9.17, 15) is 0 Å². The number of ether oxygens (including phenoxy) is 1. The molecular formula is C18H40O2Si. The molecule has 128 valence electrons. The molecular weight excluding hydrogens is 276 g/mol. The van der Waals surface area contributed by atoms with Crippen LogP contribution in [-0.4, -0.2) is 28.1 Å². The lowest BCUT2D eigenvalue weighted by Gasteiger charge is -2.26. The van der Waals surface area contributed by atoms with E-state index in [2.05, 4.69) is 26.6 Å². The van der Waals surface area contributed by atoms with Crippen LogP contribution in [0.4, 0.5) is 0 Å². The molecule has 0 amide bonds. The van der Waals surface area contributed by atoms with Crippen LogP contribution in [0.1, 0.15) is 77.6 Å². The predicted molar refractivity (Wildman–Crippen MR) is 96.6 cm³/mol. The smallest absolute Gasteiger partial charge is 0.184 e. The van der Waals surface area contributed by atoms with Gasteiger partial charge in [-0.15, -0.1) is 0 Å². The number of methoxy groups -OCH3 is 1. The van der Waals surface area contributed by atoms with Gasteiger partial charge in [-0.1, -0.05) is 71.1 Å². The molecule has 21 heavy (non-hydrogen) atoms. The minimum absolute atomic E-state index is 0.315. The van der Waals surface area contributed by atoms with Crippen LogP contribution in [0.3, 0.4) is 0 Å². The van der Waals surface area contributed by atoms with E-state index >= 15 is 0 Å². The number of unbranched alkanes of at least 4 members (excludes halogenated alkanes) is 9. The molecule has 0 spiro atoms. The molecule has 0 heterocycles. The third kappa shape index (κ3) is 16.3. The van der Waals surface area contributed by atoms with E-state index in [0.717, 1.165) is 13.0 Å². The lowest BCUT2D eigenvalue weighted by molar-refractivity contribution is 0.0693. The van der Waals surface area contributed by atoms with Gasteiger partial charge in [0.1, 0.15) is 0 Å². The van der Waals surface area contributed by atoms with Gasteiger partial charge in [-0.25, -0.2) is 0 Å². The van der Waals surface area contributed by atoms with E-state index in [1.165, 1.54) is 64.2 Å². The first-order chi connectivity index (χ1) is 9.99. The SMILES string of the molecule is CCCCCCCCCCCCC(COC)O[Si](C)(C)C. The summed E-state index contributed by atoms with van der Waals surface area (Å²) in [5.41, 5.74) is 0. The van der Waals surface area contributed by atoms with E-state index in [0.29, 0.717) is 6.10 Å². The second kappa shape index (κ2) is 13.8. The van der Waals surface area contributed by atoms with Crippen molar-refractivity contribution in [2.45, 2.75) is 103 Å². The van der Waals surface area contributed by atoms with E-state index in [-0.39, 0.29) is 0 Å². The summed E-state index contributed by atoms with van der Waals surface area (Å²) in [6, 6.07) is 0. The Labute approximate surface area is 135 Å². The Morgan fingerprint density at radius 1 is 0.762 bits per heavy atom. The Kier molecular flexibility index (Phi) is 13.9. The maximum Gasteiger partial charge on any atom is 0.184 e. The molecule has 1 atom stereocenters. The Balaban J connectivity index is 3.45. The summed E-state index contributed by atoms with van der Waals surface area (Å²) < 4.78 is 11.5. The third-order valence-electron chi connectivity index (χ3n) is 3.75. The molecule has 0 radical (unpaired) electrons. The zero-order valence-electron chi connectivity index (χ0n) is 15.4. The van der Waals surface area contributed by atoms with Crippen molar-refractivity contribution < 1.29 is 9.16 Å². The predicted octanol–water partition coefficient (Wildman–Crippen LogP) is 6.16. The van der Waals surface area contributed by atoms with E-state index in [1.807, 2.05) is 0 Å². The second-order valence-electron chi connectivity index (χ2n) is 7.28. The molecule has 0 aliphatic rings. The van der Waals surface area contributed by atoms with Gasteiger partial charge < -0.3 is 9.16 Å². The van der Waals surface area contributed by atoms with Crippen molar-refractivity contribution >= 4 is 8.32 Å². The van der Waals surface area contributed by atoms with E-state index in [4.69, 9.17) is 9.16 Å². The topological polar surface area (TPSA) is 18.5 Å². The van der Waals surface area contributed by atoms with Gasteiger partial charge in [0.2, 0.25) is 0 Å². The molecule has 0 aromatic rings. The minimum atomic E-state index is -1.43. The normalized spacial score (nSPS) is 13.6. The number of rotatable bonds is 15. The van der Waals surface area contributed by atoms with Crippen molar-refractivity contribution in [3.63, 3.8) is 0 Å². The summed E-state index contributed by atoms with van der Waals surface area (Å²) in [4.78, 5) is 0. The zero-order chi connectivity index (χ0) is 16.0. The molecule has 2 nitrogen and oxygen atoms in total. The first-order valence-electron chi connectivity index (χ1n) is 9.16. The highest BCUT2D eigenvalue weighted by molar-refractivity contribution is 6.69. The van der Waals surface area contributed by atoms with Gasteiger partial charge in [0.25, 0.3) is 0 Å². The van der Waals surface area contributed by atoms with Gasteiger partial charge in [0, 0.05) is 7.11 Å². The molecule has 0 aliphatic heterocycles. The molecule has 0 saturated heterocycles. The first kappa shape index (κ1) is 21.1. The van der Waals surface area contributed by atoms with Crippen LogP contribution < -0.4 is 0 Å². The maximum atomic E-state index is 6.17. The average molecular weight is 317 g/mol. The Hall–Kier alpha value is 0.137. The van der Waals surface area contributed by atoms with Crippen molar-refractivity contribution in [1.82, 2.24) is 0 Å². The van der Waals surface area contributed by atoms with Crippen LogP contribution in [0.2, 0.25) is 19.6 Å². The molecule has 0 N–H and O–H groups in total. The van der Waals surface area contributed by atoms with Crippen molar-refractivity contribution in [1.29, 1.82) is 0 Å². The summed E-state index contributed by atoms with van der Waals surface area (Å²) >= 11 is 0. The Morgan fingerprint density at radius 2 is 1.24 bits per heavy atom. The fraction of sp³-hybridized carbons (Fsp3) is 1.00. The van der Waals surface area contributed by atoms with E-state index < -0.39 is 8.32 Å². The minimum Gasteiger partial charge on any atom is -0.412 e. The Morgan fingerprint density at radius 3 is 1.67 bits per heavy atom. The molecule has 3 heteroatoms. The summed E-state index contributed by atoms with van der Waals surface area (Å²) in [5.74, 6) is 0. The van der Waals surface area contributed by atoms with Crippen LogP contribution >= 0.6 is 0 Å². The maximum absolute atomic E-state index is 6.17. The quantitative estimate of drug-likeness (QED) is 0.266. The van der Waals surface area contributed by atoms with Gasteiger partial charge in [-0.05, 0) is 26.1 Å². The van der Waals surface area contributed by atoms with Crippen LogP contribution in [0.25, 0.3) is 0 Å². The summed E-state index contributed by atoms with van der Waals surface area (Å²) in [5, 5.41) is 0. The van der Waals surface area contributed by atoms with Crippen molar-refractivity contribution in [3.05, 3.63) is 0 Å². The van der Waals surface area contributed by atoms with Crippen molar-refractivity contribution in [2.24, 2.45) is 0 Å². The second-order valence-corrected chi connectivity index (χ2v) is 11.7. The highest BCUT2D eigenvalue weighted by Gasteiger charge is 2.20. The van der Waals surface area contributed by atoms with Crippen LogP contribution in [-0.2, 0) is 9.16 Å². The summed E-state index contributed by atoms with van der Waals surface area (Å²) in [6.45, 7) is 9.81. The highest BCUT2D eigenvalue weighted by Crippen LogP contribution is 2.16. The van der Waals surface area contributed by atoms with Gasteiger partial charge >= 0.3 is 0 Å². The average Bonchev–Trinajstić information content (AvgIpc) is 2.39. The fourth-order valence-electron chi connectivity index (χ4n) is 2.72. The third-order valence-corrected chi connectivity index (χ3v) is 4.79. The monoisotopic (exact) mass is 316 g/mol. The highest BCUT2D eigenvalue weighted by atomic mass is 28.4. The zero-order valence-corrected chi connectivity index (χ0v) is 16.4. The van der Waals surface area contributed by atoms with Crippen LogP contribution in [0.5, 0.6) is 0 Å². The molecule has 0 aliphatic carbocycles. The Bertz CT molecular complexity index is 214. The first-order valence-corrected chi connectivity index (χ1v) is 12.6. The van der Waals surface area contributed by atoms with Crippen molar-refractivity contribution in [2.75, 3.05) is 13.7 Å². The lowest BCUT2D eigenvalue weighted by atomic mass is 10.0. The molecule has 0 fully saturated rings. The number of hydrogen-bond donors (Lipinski definition) is 0. The lowest BCUT2D eigenvalue weighted by Crippen LogP contribution is -2.34. The van der Waals surface area contributed by atoms with Gasteiger partial charge in [-0.2, -0.15) is 0 Å². The van der Waals surface area contributed by atoms with E-state index in [1.54, 1.807) is 7.11 Å². The van der Waals surface area contributed by atoms with Crippen LogP contribution in [0.15, 0.2) is 0 Å². The number of hydrogen-bond acceptors (Lipinski definition) is 2. The van der Waals surface area contributed by atoms with Crippen molar-refractivity contribution in [3.8, 4) is 0 Å². The summed E-state index contributed by atoms with van der Waals surface area (Å²) in [7, 11) is 0.342. The summed E-state index contributed by atoms with van der Waals surface area (Å²) in [6.07, 6.45) is 15.4. The van der Waals surface area contributed by atoms with Crippen LogP contribution in [0, 0.1) is 0 Å². The molecule has 0 bridgehead atoms. The largest absolute Gasteiger partial charge is 0.412 e. The molecule has 0 aromatic carbocycles. The molecule has 0 aromatic heterocycles. The molecule has 1 unspecified atom stereocenters. The molecule has 0 saturated carbocycles. The van der Waals surface area contributed by atoms with Gasteiger partial charge in [0.15, 0.2) is 8.32 Å². The standard InChI is InChI=1S/C18H40O2Si/c1-6-7-8-9-10-11-12-13-14-15-16-18(17-19-2)20-21(3,4)5/h18H,6-17H2,1-5H3. The van der Waals surface area contributed by atoms with Gasteiger partial charge in [-0.3, -0.25) is 0 Å². The van der Waals surface area contributed by atoms with Gasteiger partial charge in [0.05, 0.1) is 12.7 Å². The fourth-order valence-corrected chi connectivity index (χ4v) is 3.91.